The lowest BCUT2D eigenvalue weighted by molar-refractivity contribution is -0.138. The maximum absolute atomic E-state index is 10.8. The van der Waals surface area contributed by atoms with Crippen molar-refractivity contribution in [2.75, 3.05) is 19.0 Å². The Morgan fingerprint density at radius 3 is 2.63 bits per heavy atom. The average molecular weight is 263 g/mol. The Bertz CT molecular complexity index is 511. The predicted molar refractivity (Wildman–Crippen MR) is 74.9 cm³/mol. The van der Waals surface area contributed by atoms with Crippen LogP contribution in [0.1, 0.15) is 23.1 Å². The van der Waals surface area contributed by atoms with Gasteiger partial charge in [0.05, 0.1) is 18.7 Å². The highest BCUT2D eigenvalue weighted by molar-refractivity contribution is 5.74. The van der Waals surface area contributed by atoms with Crippen LogP contribution in [-0.4, -0.2) is 24.7 Å². The number of rotatable bonds is 5. The van der Waals surface area contributed by atoms with E-state index in [4.69, 9.17) is 9.84 Å². The van der Waals surface area contributed by atoms with Gasteiger partial charge < -0.3 is 15.2 Å². The molecule has 0 spiro atoms. The van der Waals surface area contributed by atoms with Crippen molar-refractivity contribution in [3.05, 3.63) is 22.8 Å². The molecule has 1 aliphatic rings. The summed E-state index contributed by atoms with van der Waals surface area (Å²) < 4.78 is 5.49. The first-order valence-electron chi connectivity index (χ1n) is 6.57. The molecule has 104 valence electrons. The van der Waals surface area contributed by atoms with Gasteiger partial charge in [-0.1, -0.05) is 6.07 Å². The van der Waals surface area contributed by atoms with Gasteiger partial charge in [-0.15, -0.1) is 0 Å². The van der Waals surface area contributed by atoms with E-state index in [2.05, 4.69) is 18.3 Å². The van der Waals surface area contributed by atoms with Gasteiger partial charge in [0.15, 0.2) is 0 Å². The molecule has 2 rings (SSSR count). The zero-order valence-electron chi connectivity index (χ0n) is 11.9. The molecular formula is C15H21NO3. The second kappa shape index (κ2) is 5.11. The van der Waals surface area contributed by atoms with Crippen LogP contribution in [0.25, 0.3) is 0 Å². The summed E-state index contributed by atoms with van der Waals surface area (Å²) in [5.41, 5.74) is 4.45. The second-order valence-corrected chi connectivity index (χ2v) is 5.37. The van der Waals surface area contributed by atoms with Crippen LogP contribution in [0.15, 0.2) is 6.07 Å². The van der Waals surface area contributed by atoms with Crippen molar-refractivity contribution in [1.82, 2.24) is 0 Å². The van der Waals surface area contributed by atoms with Crippen LogP contribution in [0.3, 0.4) is 0 Å². The molecule has 4 nitrogen and oxygen atoms in total. The van der Waals surface area contributed by atoms with Crippen molar-refractivity contribution in [3.63, 3.8) is 0 Å². The van der Waals surface area contributed by atoms with Crippen LogP contribution in [0.4, 0.5) is 5.69 Å². The van der Waals surface area contributed by atoms with E-state index in [1.807, 2.05) is 13.8 Å². The number of carboxylic acids is 1. The number of methoxy groups -OCH3 is 1. The summed E-state index contributed by atoms with van der Waals surface area (Å²) in [4.78, 5) is 10.8. The lowest BCUT2D eigenvalue weighted by Crippen LogP contribution is -2.11. The fourth-order valence-corrected chi connectivity index (χ4v) is 2.53. The number of carboxylic acid groups (broad SMARTS) is 1. The topological polar surface area (TPSA) is 58.6 Å². The molecule has 4 heteroatoms. The van der Waals surface area contributed by atoms with Crippen LogP contribution >= 0.6 is 0 Å². The van der Waals surface area contributed by atoms with Crippen molar-refractivity contribution >= 4 is 11.7 Å². The summed E-state index contributed by atoms with van der Waals surface area (Å²) in [6.07, 6.45) is 0.772. The Kier molecular flexibility index (Phi) is 3.69. The number of nitrogens with one attached hydrogen (secondary N) is 1. The Balaban J connectivity index is 2.12. The van der Waals surface area contributed by atoms with Crippen molar-refractivity contribution in [3.8, 4) is 5.75 Å². The summed E-state index contributed by atoms with van der Waals surface area (Å²) in [5, 5.41) is 12.3. The molecule has 2 N–H and O–H groups in total. The van der Waals surface area contributed by atoms with E-state index >= 15 is 0 Å². The highest BCUT2D eigenvalue weighted by atomic mass is 16.5. The third kappa shape index (κ3) is 2.67. The Labute approximate surface area is 113 Å². The maximum Gasteiger partial charge on any atom is 0.306 e. The van der Waals surface area contributed by atoms with Gasteiger partial charge in [0.1, 0.15) is 5.75 Å². The molecular weight excluding hydrogens is 242 g/mol. The van der Waals surface area contributed by atoms with Gasteiger partial charge in [0, 0.05) is 6.54 Å². The lowest BCUT2D eigenvalue weighted by Gasteiger charge is -2.18. The van der Waals surface area contributed by atoms with Gasteiger partial charge in [-0.25, -0.2) is 0 Å². The van der Waals surface area contributed by atoms with E-state index < -0.39 is 5.97 Å². The molecule has 1 saturated carbocycles. The molecule has 19 heavy (non-hydrogen) atoms. The van der Waals surface area contributed by atoms with E-state index in [1.165, 1.54) is 5.56 Å². The van der Waals surface area contributed by atoms with Gasteiger partial charge in [-0.2, -0.15) is 0 Å². The molecule has 0 heterocycles. The van der Waals surface area contributed by atoms with Crippen molar-refractivity contribution in [2.45, 2.75) is 27.2 Å². The smallest absolute Gasteiger partial charge is 0.306 e. The third-order valence-corrected chi connectivity index (χ3v) is 3.97. The highest BCUT2D eigenvalue weighted by Crippen LogP contribution is 2.40. The lowest BCUT2D eigenvalue weighted by atomic mass is 10.0. The highest BCUT2D eigenvalue weighted by Gasteiger charge is 2.42. The molecule has 1 aromatic rings. The van der Waals surface area contributed by atoms with Crippen LogP contribution in [0.5, 0.6) is 5.75 Å². The van der Waals surface area contributed by atoms with Crippen LogP contribution in [0.2, 0.25) is 0 Å². The monoisotopic (exact) mass is 263 g/mol. The fraction of sp³-hybridized carbons (Fsp3) is 0.533. The largest absolute Gasteiger partial charge is 0.494 e. The second-order valence-electron chi connectivity index (χ2n) is 5.37. The number of aliphatic carboxylic acids is 1. The fourth-order valence-electron chi connectivity index (χ4n) is 2.53. The number of ether oxygens (including phenoxy) is 1. The molecule has 0 aromatic heterocycles. The normalized spacial score (nSPS) is 21.1. The van der Waals surface area contributed by atoms with Crippen LogP contribution < -0.4 is 10.1 Å². The molecule has 1 aromatic carbocycles. The Hall–Kier alpha value is -1.71. The standard InChI is InChI=1S/C15H21NO3/c1-8-5-9(2)13(14(19-4)10(8)3)16-7-11-6-12(11)15(17)18/h5,11-12,16H,6-7H2,1-4H3,(H,17,18). The van der Waals surface area contributed by atoms with E-state index in [9.17, 15) is 4.79 Å². The van der Waals surface area contributed by atoms with Crippen LogP contribution in [-0.2, 0) is 4.79 Å². The minimum atomic E-state index is -0.685. The van der Waals surface area contributed by atoms with E-state index in [0.717, 1.165) is 29.0 Å². The summed E-state index contributed by atoms with van der Waals surface area (Å²) in [6, 6.07) is 2.13. The molecule has 1 aliphatic carbocycles. The summed E-state index contributed by atoms with van der Waals surface area (Å²) in [5.74, 6) is 0.245. The van der Waals surface area contributed by atoms with E-state index in [1.54, 1.807) is 7.11 Å². The van der Waals surface area contributed by atoms with Gasteiger partial charge in [-0.3, -0.25) is 4.79 Å². The molecule has 0 aliphatic heterocycles. The first-order valence-corrected chi connectivity index (χ1v) is 6.57. The first-order chi connectivity index (χ1) is 8.95. The summed E-state index contributed by atoms with van der Waals surface area (Å²) >= 11 is 0. The van der Waals surface area contributed by atoms with Gasteiger partial charge in [0.2, 0.25) is 0 Å². The first kappa shape index (κ1) is 13.7. The van der Waals surface area contributed by atoms with E-state index in [-0.39, 0.29) is 11.8 Å². The minimum absolute atomic E-state index is 0.176. The number of hydrogen-bond donors (Lipinski definition) is 2. The Morgan fingerprint density at radius 1 is 1.42 bits per heavy atom. The molecule has 0 saturated heterocycles. The number of aryl methyl sites for hydroxylation is 2. The molecule has 1 fully saturated rings. The predicted octanol–water partition coefficient (Wildman–Crippen LogP) is 2.75. The summed E-state index contributed by atoms with van der Waals surface area (Å²) in [6.45, 7) is 6.83. The number of anilines is 1. The van der Waals surface area contributed by atoms with Crippen LogP contribution in [0, 0.1) is 32.6 Å². The SMILES string of the molecule is COc1c(C)c(C)cc(C)c1NCC1CC1C(=O)O. The quantitative estimate of drug-likeness (QED) is 0.857. The number of benzene rings is 1. The third-order valence-electron chi connectivity index (χ3n) is 3.97. The Morgan fingerprint density at radius 2 is 2.11 bits per heavy atom. The van der Waals surface area contributed by atoms with Crippen molar-refractivity contribution < 1.29 is 14.6 Å². The molecule has 0 bridgehead atoms. The zero-order chi connectivity index (χ0) is 14.2. The molecule has 2 unspecified atom stereocenters. The van der Waals surface area contributed by atoms with Gasteiger partial charge in [-0.05, 0) is 49.8 Å². The van der Waals surface area contributed by atoms with Gasteiger partial charge >= 0.3 is 5.97 Å². The zero-order valence-corrected chi connectivity index (χ0v) is 11.9. The number of hydrogen-bond acceptors (Lipinski definition) is 3. The number of carbonyl (C=O) groups is 1. The minimum Gasteiger partial charge on any atom is -0.494 e. The maximum atomic E-state index is 10.8. The van der Waals surface area contributed by atoms with Gasteiger partial charge in [0.25, 0.3) is 0 Å². The van der Waals surface area contributed by atoms with Crippen molar-refractivity contribution in [1.29, 1.82) is 0 Å². The molecule has 2 atom stereocenters. The van der Waals surface area contributed by atoms with Crippen molar-refractivity contribution in [2.24, 2.45) is 11.8 Å². The molecule has 0 amide bonds. The molecule has 0 radical (unpaired) electrons. The summed E-state index contributed by atoms with van der Waals surface area (Å²) in [7, 11) is 1.67. The average Bonchev–Trinajstić information content (AvgIpc) is 3.11. The van der Waals surface area contributed by atoms with E-state index in [0.29, 0.717) is 6.54 Å².